The maximum atomic E-state index is 11.8. The van der Waals surface area contributed by atoms with E-state index < -0.39 is 17.6 Å². The summed E-state index contributed by atoms with van der Waals surface area (Å²) in [6, 6.07) is -1.01. The van der Waals surface area contributed by atoms with E-state index in [-0.39, 0.29) is 11.9 Å². The molecule has 16 heavy (non-hydrogen) atoms. The molecule has 0 saturated heterocycles. The van der Waals surface area contributed by atoms with Gasteiger partial charge in [0.15, 0.2) is 0 Å². The van der Waals surface area contributed by atoms with Crippen LogP contribution in [-0.2, 0) is 9.53 Å². The number of rotatable bonds is 3. The first-order valence-corrected chi connectivity index (χ1v) is 5.38. The second kappa shape index (κ2) is 5.72. The Morgan fingerprint density at radius 3 is 2.00 bits per heavy atom. The highest BCUT2D eigenvalue weighted by Crippen LogP contribution is 2.12. The van der Waals surface area contributed by atoms with E-state index in [2.05, 4.69) is 10.6 Å². The molecule has 0 aliphatic carbocycles. The first kappa shape index (κ1) is 14.7. The summed E-state index contributed by atoms with van der Waals surface area (Å²) in [5.41, 5.74) is -0.547. The molecule has 94 valence electrons. The van der Waals surface area contributed by atoms with Crippen molar-refractivity contribution in [3.05, 3.63) is 0 Å². The molecule has 0 fully saturated rings. The van der Waals surface area contributed by atoms with Crippen molar-refractivity contribution in [2.24, 2.45) is 5.92 Å². The molecule has 0 bridgehead atoms. The van der Waals surface area contributed by atoms with Gasteiger partial charge in [-0.05, 0) is 26.7 Å². The zero-order valence-corrected chi connectivity index (χ0v) is 10.9. The zero-order valence-electron chi connectivity index (χ0n) is 10.9. The fourth-order valence-corrected chi connectivity index (χ4v) is 1.08. The molecular formula is C11H22N2O3. The molecule has 0 aliphatic heterocycles. The first-order valence-electron chi connectivity index (χ1n) is 5.38. The Kier molecular flexibility index (Phi) is 5.27. The van der Waals surface area contributed by atoms with Gasteiger partial charge in [-0.1, -0.05) is 13.8 Å². The van der Waals surface area contributed by atoms with Gasteiger partial charge in [0.2, 0.25) is 0 Å². The number of esters is 1. The third-order valence-corrected chi connectivity index (χ3v) is 1.84. The van der Waals surface area contributed by atoms with Gasteiger partial charge in [0.1, 0.15) is 11.6 Å². The number of hydrogen-bond acceptors (Lipinski definition) is 3. The minimum atomic E-state index is -0.626. The number of urea groups is 1. The molecule has 2 amide bonds. The molecule has 0 heterocycles. The van der Waals surface area contributed by atoms with E-state index in [1.807, 2.05) is 13.8 Å². The zero-order chi connectivity index (χ0) is 12.9. The smallest absolute Gasteiger partial charge is 0.329 e. The fourth-order valence-electron chi connectivity index (χ4n) is 1.08. The fraction of sp³-hybridized carbons (Fsp3) is 0.818. The molecule has 1 atom stereocenters. The van der Waals surface area contributed by atoms with Crippen molar-refractivity contribution in [1.29, 1.82) is 0 Å². The average Bonchev–Trinajstić information content (AvgIpc) is 2.09. The molecule has 0 rings (SSSR count). The van der Waals surface area contributed by atoms with Crippen molar-refractivity contribution in [3.8, 4) is 0 Å². The Hall–Kier alpha value is -1.26. The molecule has 5 heteroatoms. The maximum Gasteiger partial charge on any atom is 0.329 e. The summed E-state index contributed by atoms with van der Waals surface area (Å²) in [7, 11) is 1.50. The summed E-state index contributed by atoms with van der Waals surface area (Å²) in [6.45, 7) is 9.08. The van der Waals surface area contributed by atoms with Crippen LogP contribution < -0.4 is 10.6 Å². The molecule has 0 aromatic rings. The van der Waals surface area contributed by atoms with E-state index in [4.69, 9.17) is 4.74 Å². The van der Waals surface area contributed by atoms with Gasteiger partial charge in [-0.15, -0.1) is 0 Å². The van der Waals surface area contributed by atoms with Crippen LogP contribution in [-0.4, -0.2) is 30.7 Å². The molecule has 0 aliphatic rings. The molecule has 0 aromatic carbocycles. The molecule has 0 aromatic heterocycles. The number of nitrogens with one attached hydrogen (secondary N) is 2. The van der Waals surface area contributed by atoms with Crippen molar-refractivity contribution in [1.82, 2.24) is 10.6 Å². The summed E-state index contributed by atoms with van der Waals surface area (Å²) in [4.78, 5) is 23.0. The summed E-state index contributed by atoms with van der Waals surface area (Å²) in [5, 5.41) is 4.97. The van der Waals surface area contributed by atoms with Gasteiger partial charge in [-0.2, -0.15) is 0 Å². The first-order chi connectivity index (χ1) is 7.17. The van der Waals surface area contributed by atoms with Crippen LogP contribution in [0.2, 0.25) is 0 Å². The lowest BCUT2D eigenvalue weighted by Crippen LogP contribution is -2.49. The number of ether oxygens (including phenoxy) is 1. The predicted octanol–water partition coefficient (Wildman–Crippen LogP) is 1.28. The van der Waals surface area contributed by atoms with Gasteiger partial charge in [-0.25, -0.2) is 9.59 Å². The Bertz CT molecular complexity index is 256. The van der Waals surface area contributed by atoms with Crippen LogP contribution in [0.4, 0.5) is 4.79 Å². The van der Waals surface area contributed by atoms with Gasteiger partial charge in [0.25, 0.3) is 0 Å². The Morgan fingerprint density at radius 1 is 1.19 bits per heavy atom. The molecular weight excluding hydrogens is 208 g/mol. The van der Waals surface area contributed by atoms with Crippen LogP contribution in [0.15, 0.2) is 0 Å². The Morgan fingerprint density at radius 2 is 1.69 bits per heavy atom. The SMILES string of the molecule is CNC(=O)N[C@H](C(=O)OC(C)(C)C)C(C)C. The van der Waals surface area contributed by atoms with Gasteiger partial charge in [0, 0.05) is 7.05 Å². The topological polar surface area (TPSA) is 67.4 Å². The summed E-state index contributed by atoms with van der Waals surface area (Å²) < 4.78 is 5.23. The Labute approximate surface area is 96.9 Å². The summed E-state index contributed by atoms with van der Waals surface area (Å²) in [6.07, 6.45) is 0. The maximum absolute atomic E-state index is 11.8. The van der Waals surface area contributed by atoms with Crippen LogP contribution in [0, 0.1) is 5.92 Å². The average molecular weight is 230 g/mol. The third-order valence-electron chi connectivity index (χ3n) is 1.84. The lowest BCUT2D eigenvalue weighted by atomic mass is 10.0. The van der Waals surface area contributed by atoms with Crippen molar-refractivity contribution in [2.45, 2.75) is 46.3 Å². The van der Waals surface area contributed by atoms with E-state index in [9.17, 15) is 9.59 Å². The quantitative estimate of drug-likeness (QED) is 0.718. The molecule has 0 radical (unpaired) electrons. The summed E-state index contributed by atoms with van der Waals surface area (Å²) >= 11 is 0. The highest BCUT2D eigenvalue weighted by molar-refractivity contribution is 5.83. The van der Waals surface area contributed by atoms with Crippen LogP contribution in [0.3, 0.4) is 0 Å². The standard InChI is InChI=1S/C11H22N2O3/c1-7(2)8(13-10(15)12-6)9(14)16-11(3,4)5/h7-8H,1-6H3,(H2,12,13,15)/t8-/m0/s1. The van der Waals surface area contributed by atoms with Crippen molar-refractivity contribution >= 4 is 12.0 Å². The van der Waals surface area contributed by atoms with Gasteiger partial charge in [-0.3, -0.25) is 0 Å². The van der Waals surface area contributed by atoms with E-state index in [1.54, 1.807) is 20.8 Å². The van der Waals surface area contributed by atoms with E-state index in [1.165, 1.54) is 7.05 Å². The number of hydrogen-bond donors (Lipinski definition) is 2. The molecule has 0 saturated carbocycles. The second-order valence-electron chi connectivity index (χ2n) is 4.98. The van der Waals surface area contributed by atoms with Gasteiger partial charge in [0.05, 0.1) is 0 Å². The molecule has 0 unspecified atom stereocenters. The number of amides is 2. The Balaban J connectivity index is 4.54. The highest BCUT2D eigenvalue weighted by Gasteiger charge is 2.28. The van der Waals surface area contributed by atoms with Crippen molar-refractivity contribution in [3.63, 3.8) is 0 Å². The van der Waals surface area contributed by atoms with Gasteiger partial charge >= 0.3 is 12.0 Å². The van der Waals surface area contributed by atoms with E-state index >= 15 is 0 Å². The van der Waals surface area contributed by atoms with Crippen molar-refractivity contribution < 1.29 is 14.3 Å². The second-order valence-corrected chi connectivity index (χ2v) is 4.98. The number of carbonyl (C=O) groups is 2. The van der Waals surface area contributed by atoms with Gasteiger partial charge < -0.3 is 15.4 Å². The largest absolute Gasteiger partial charge is 0.458 e. The molecule has 2 N–H and O–H groups in total. The molecule has 0 spiro atoms. The monoisotopic (exact) mass is 230 g/mol. The molecule has 5 nitrogen and oxygen atoms in total. The van der Waals surface area contributed by atoms with E-state index in [0.29, 0.717) is 0 Å². The van der Waals surface area contributed by atoms with Crippen LogP contribution in [0.25, 0.3) is 0 Å². The normalized spacial score (nSPS) is 13.2. The van der Waals surface area contributed by atoms with Crippen LogP contribution in [0.5, 0.6) is 0 Å². The minimum absolute atomic E-state index is 0.0212. The highest BCUT2D eigenvalue weighted by atomic mass is 16.6. The van der Waals surface area contributed by atoms with E-state index in [0.717, 1.165) is 0 Å². The van der Waals surface area contributed by atoms with Crippen LogP contribution >= 0.6 is 0 Å². The minimum Gasteiger partial charge on any atom is -0.458 e. The van der Waals surface area contributed by atoms with Crippen LogP contribution in [0.1, 0.15) is 34.6 Å². The third kappa shape index (κ3) is 5.58. The predicted molar refractivity (Wildman–Crippen MR) is 62.1 cm³/mol. The lowest BCUT2D eigenvalue weighted by Gasteiger charge is -2.26. The number of carbonyl (C=O) groups excluding carboxylic acids is 2. The van der Waals surface area contributed by atoms with Crippen molar-refractivity contribution in [2.75, 3.05) is 7.05 Å². The summed E-state index contributed by atoms with van der Waals surface area (Å²) in [5.74, 6) is -0.432. The lowest BCUT2D eigenvalue weighted by molar-refractivity contribution is -0.158.